The molecule has 0 fully saturated rings. The third-order valence-corrected chi connectivity index (χ3v) is 5.23. The molecule has 1 rings (SSSR count). The van der Waals surface area contributed by atoms with E-state index in [0.717, 1.165) is 12.5 Å². The van der Waals surface area contributed by atoms with Crippen molar-refractivity contribution < 1.29 is 8.42 Å². The minimum atomic E-state index is -3.11. The summed E-state index contributed by atoms with van der Waals surface area (Å²) in [6, 6.07) is 10.3. The number of hydrogen-bond acceptors (Lipinski definition) is 3. The van der Waals surface area contributed by atoms with Gasteiger partial charge < -0.3 is 10.6 Å². The first-order valence-corrected chi connectivity index (χ1v) is 9.93. The maximum Gasteiger partial charge on any atom is 0.211 e. The summed E-state index contributed by atoms with van der Waals surface area (Å²) in [6.07, 6.45) is 0.696. The molecule has 0 saturated carbocycles. The van der Waals surface area contributed by atoms with E-state index in [1.807, 2.05) is 18.2 Å². The quantitative estimate of drug-likeness (QED) is 0.218. The molecule has 0 radical (unpaired) electrons. The first kappa shape index (κ1) is 24.1. The van der Waals surface area contributed by atoms with E-state index in [2.05, 4.69) is 46.3 Å². The van der Waals surface area contributed by atoms with Crippen LogP contribution in [0.3, 0.4) is 0 Å². The summed E-state index contributed by atoms with van der Waals surface area (Å²) in [5.74, 6) is 0.829. The maximum atomic E-state index is 11.3. The molecule has 0 bridgehead atoms. The number of hydrogen-bond donors (Lipinski definition) is 3. The van der Waals surface area contributed by atoms with Gasteiger partial charge in [-0.2, -0.15) is 0 Å². The van der Waals surface area contributed by atoms with Crippen molar-refractivity contribution in [1.82, 2.24) is 15.4 Å². The number of nitrogens with zero attached hydrogens (tertiary/aromatic N) is 1. The van der Waals surface area contributed by atoms with Crippen molar-refractivity contribution in [3.8, 4) is 0 Å². The smallest absolute Gasteiger partial charge is 0.211 e. The molecule has 0 unspecified atom stereocenters. The van der Waals surface area contributed by atoms with Gasteiger partial charge in [0.2, 0.25) is 10.0 Å². The molecule has 3 N–H and O–H groups in total. The van der Waals surface area contributed by atoms with Gasteiger partial charge in [0.05, 0.1) is 5.75 Å². The van der Waals surface area contributed by atoms with Gasteiger partial charge in [0, 0.05) is 32.1 Å². The lowest BCUT2D eigenvalue weighted by molar-refractivity contribution is 0.508. The van der Waals surface area contributed by atoms with Gasteiger partial charge in [-0.05, 0) is 18.9 Å². The summed E-state index contributed by atoms with van der Waals surface area (Å²) in [7, 11) is -1.38. The van der Waals surface area contributed by atoms with E-state index in [1.54, 1.807) is 14.0 Å². The zero-order valence-electron chi connectivity index (χ0n) is 15.5. The Kier molecular flexibility index (Phi) is 11.3. The highest BCUT2D eigenvalue weighted by atomic mass is 127. The number of sulfonamides is 1. The van der Waals surface area contributed by atoms with Gasteiger partial charge in [-0.3, -0.25) is 4.99 Å². The highest BCUT2D eigenvalue weighted by Gasteiger charge is 2.20. The van der Waals surface area contributed by atoms with E-state index in [-0.39, 0.29) is 35.1 Å². The molecule has 1 aromatic rings. The molecular formula is C17H31IN4O2S. The molecule has 0 aliphatic heterocycles. The minimum Gasteiger partial charge on any atom is -0.356 e. The predicted octanol–water partition coefficient (Wildman–Crippen LogP) is 2.08. The van der Waals surface area contributed by atoms with Crippen molar-refractivity contribution in [1.29, 1.82) is 0 Å². The van der Waals surface area contributed by atoms with Crippen LogP contribution in [0.25, 0.3) is 0 Å². The van der Waals surface area contributed by atoms with E-state index in [9.17, 15) is 8.42 Å². The molecule has 0 aliphatic rings. The lowest BCUT2D eigenvalue weighted by Crippen LogP contribution is -2.44. The van der Waals surface area contributed by atoms with Crippen molar-refractivity contribution in [3.63, 3.8) is 0 Å². The van der Waals surface area contributed by atoms with Crippen LogP contribution in [0.4, 0.5) is 0 Å². The monoisotopic (exact) mass is 482 g/mol. The number of benzene rings is 1. The molecule has 25 heavy (non-hydrogen) atoms. The lowest BCUT2D eigenvalue weighted by atomic mass is 9.85. The molecule has 0 spiro atoms. The first-order chi connectivity index (χ1) is 11.3. The average molecular weight is 482 g/mol. The zero-order valence-corrected chi connectivity index (χ0v) is 18.6. The van der Waals surface area contributed by atoms with Gasteiger partial charge in [0.1, 0.15) is 0 Å². The zero-order chi connectivity index (χ0) is 18.1. The molecule has 0 heterocycles. The Morgan fingerprint density at radius 1 is 1.12 bits per heavy atom. The Morgan fingerprint density at radius 2 is 1.76 bits per heavy atom. The number of guanidine groups is 1. The second-order valence-electron chi connectivity index (χ2n) is 6.25. The SMILES string of the molecule is CCS(=O)(=O)NCCCNC(=NC)NCC(C)(C)c1ccccc1.I. The molecule has 0 aromatic heterocycles. The van der Waals surface area contributed by atoms with Crippen LogP contribution in [0, 0.1) is 0 Å². The van der Waals surface area contributed by atoms with Crippen molar-refractivity contribution in [2.75, 3.05) is 32.4 Å². The van der Waals surface area contributed by atoms with Crippen LogP contribution in [0.1, 0.15) is 32.8 Å². The van der Waals surface area contributed by atoms with Crippen LogP contribution in [-0.4, -0.2) is 46.8 Å². The normalized spacial score (nSPS) is 12.4. The lowest BCUT2D eigenvalue weighted by Gasteiger charge is -2.26. The van der Waals surface area contributed by atoms with Crippen LogP contribution < -0.4 is 15.4 Å². The Bertz CT molecular complexity index is 619. The van der Waals surface area contributed by atoms with E-state index < -0.39 is 10.0 Å². The summed E-state index contributed by atoms with van der Waals surface area (Å²) < 4.78 is 25.2. The second-order valence-corrected chi connectivity index (χ2v) is 8.35. The van der Waals surface area contributed by atoms with Gasteiger partial charge >= 0.3 is 0 Å². The van der Waals surface area contributed by atoms with Crippen molar-refractivity contribution in [3.05, 3.63) is 35.9 Å². The average Bonchev–Trinajstić information content (AvgIpc) is 2.58. The molecule has 0 amide bonds. The fourth-order valence-electron chi connectivity index (χ4n) is 2.14. The van der Waals surface area contributed by atoms with E-state index >= 15 is 0 Å². The number of aliphatic imine (C=N–C) groups is 1. The van der Waals surface area contributed by atoms with Gasteiger partial charge in [-0.25, -0.2) is 13.1 Å². The standard InChI is InChI=1S/C17H30N4O2S.HI/c1-5-24(22,23)21-13-9-12-19-16(18-4)20-14-17(2,3)15-10-7-6-8-11-15;/h6-8,10-11,21H,5,9,12-14H2,1-4H3,(H2,18,19,20);1H. The first-order valence-electron chi connectivity index (χ1n) is 8.28. The van der Waals surface area contributed by atoms with Crippen LogP contribution >= 0.6 is 24.0 Å². The van der Waals surface area contributed by atoms with Crippen molar-refractivity contribution in [2.24, 2.45) is 4.99 Å². The Balaban J connectivity index is 0.00000576. The topological polar surface area (TPSA) is 82.6 Å². The molecule has 144 valence electrons. The fraction of sp³-hybridized carbons (Fsp3) is 0.588. The van der Waals surface area contributed by atoms with E-state index in [4.69, 9.17) is 0 Å². The summed E-state index contributed by atoms with van der Waals surface area (Å²) >= 11 is 0. The van der Waals surface area contributed by atoms with Gasteiger partial charge in [0.25, 0.3) is 0 Å². The third kappa shape index (κ3) is 9.41. The Hall–Kier alpha value is -0.870. The molecule has 0 saturated heterocycles. The van der Waals surface area contributed by atoms with Crippen molar-refractivity contribution >= 4 is 40.0 Å². The van der Waals surface area contributed by atoms with Crippen molar-refractivity contribution in [2.45, 2.75) is 32.6 Å². The summed E-state index contributed by atoms with van der Waals surface area (Å²) in [6.45, 7) is 7.82. The third-order valence-electron chi connectivity index (χ3n) is 3.82. The second kappa shape index (κ2) is 11.7. The molecular weight excluding hydrogens is 451 g/mol. The molecule has 8 heteroatoms. The van der Waals surface area contributed by atoms with Crippen LogP contribution in [0.2, 0.25) is 0 Å². The Labute approximate surface area is 169 Å². The highest BCUT2D eigenvalue weighted by molar-refractivity contribution is 14.0. The molecule has 0 aliphatic carbocycles. The maximum absolute atomic E-state index is 11.3. The number of rotatable bonds is 9. The van der Waals surface area contributed by atoms with Crippen LogP contribution in [-0.2, 0) is 15.4 Å². The molecule has 1 aromatic carbocycles. The summed E-state index contributed by atoms with van der Waals surface area (Å²) in [5, 5.41) is 6.53. The summed E-state index contributed by atoms with van der Waals surface area (Å²) in [4.78, 5) is 4.20. The van der Waals surface area contributed by atoms with E-state index in [1.165, 1.54) is 5.56 Å². The number of halogens is 1. The van der Waals surface area contributed by atoms with E-state index in [0.29, 0.717) is 19.5 Å². The highest BCUT2D eigenvalue weighted by Crippen LogP contribution is 2.21. The van der Waals surface area contributed by atoms with Crippen LogP contribution in [0.15, 0.2) is 35.3 Å². The van der Waals surface area contributed by atoms with Gasteiger partial charge in [-0.1, -0.05) is 44.2 Å². The van der Waals surface area contributed by atoms with Crippen LogP contribution in [0.5, 0.6) is 0 Å². The van der Waals surface area contributed by atoms with Gasteiger partial charge in [0.15, 0.2) is 5.96 Å². The Morgan fingerprint density at radius 3 is 2.32 bits per heavy atom. The fourth-order valence-corrected chi connectivity index (χ4v) is 2.80. The largest absolute Gasteiger partial charge is 0.356 e. The summed E-state index contributed by atoms with van der Waals surface area (Å²) in [5.41, 5.74) is 1.25. The molecule has 0 atom stereocenters. The molecule has 6 nitrogen and oxygen atoms in total. The number of nitrogens with one attached hydrogen (secondary N) is 3. The van der Waals surface area contributed by atoms with Gasteiger partial charge in [-0.15, -0.1) is 24.0 Å². The predicted molar refractivity (Wildman–Crippen MR) is 116 cm³/mol. The minimum absolute atomic E-state index is 0.